The molecule has 0 radical (unpaired) electrons. The first kappa shape index (κ1) is 22.9. The van der Waals surface area contributed by atoms with Gasteiger partial charge >= 0.3 is 0 Å². The van der Waals surface area contributed by atoms with Crippen molar-refractivity contribution in [1.82, 2.24) is 9.88 Å². The van der Waals surface area contributed by atoms with Crippen LogP contribution in [0, 0.1) is 17.3 Å². The largest absolute Gasteiger partial charge is 0.388 e. The van der Waals surface area contributed by atoms with E-state index in [1.54, 1.807) is 0 Å². The number of hydrogen-bond donors (Lipinski definition) is 2. The first-order valence-corrected chi connectivity index (χ1v) is 13.4. The van der Waals surface area contributed by atoms with Gasteiger partial charge < -0.3 is 19.8 Å². The number of hydrogen-bond acceptors (Lipinski definition) is 5. The molecule has 2 aliphatic heterocycles. The van der Waals surface area contributed by atoms with Crippen LogP contribution in [0.4, 0.5) is 0 Å². The van der Waals surface area contributed by atoms with Crippen molar-refractivity contribution in [3.05, 3.63) is 71.6 Å². The van der Waals surface area contributed by atoms with Crippen molar-refractivity contribution < 1.29 is 14.9 Å². The molecule has 2 fully saturated rings. The normalized spacial score (nSPS) is 43.0. The van der Waals surface area contributed by atoms with E-state index in [-0.39, 0.29) is 17.1 Å². The highest BCUT2D eigenvalue weighted by molar-refractivity contribution is 5.87. The average Bonchev–Trinajstić information content (AvgIpc) is 3.39. The number of benzene rings is 1. The number of fused-ring (bicyclic) bond motifs is 2. The van der Waals surface area contributed by atoms with Crippen LogP contribution >= 0.6 is 0 Å². The number of rotatable bonds is 2. The quantitative estimate of drug-likeness (QED) is 0.657. The molecule has 8 atom stereocenters. The fraction of sp³-hybridized carbons (Fsp3) is 0.516. The molecule has 2 aromatic rings. The van der Waals surface area contributed by atoms with Gasteiger partial charge in [-0.15, -0.1) is 0 Å². The summed E-state index contributed by atoms with van der Waals surface area (Å²) in [5.41, 5.74) is 3.90. The molecule has 5 nitrogen and oxygen atoms in total. The molecule has 1 saturated heterocycles. The highest BCUT2D eigenvalue weighted by Crippen LogP contribution is 2.69. The number of aliphatic hydroxyl groups excluding tert-OH is 2. The number of nitrogens with zero attached hydrogens (tertiary/aromatic N) is 2. The zero-order valence-electron chi connectivity index (χ0n) is 21.6. The molecule has 7 rings (SSSR count). The Kier molecular flexibility index (Phi) is 4.69. The molecule has 2 N–H and O–H groups in total. The van der Waals surface area contributed by atoms with Gasteiger partial charge in [-0.05, 0) is 85.5 Å². The van der Waals surface area contributed by atoms with Gasteiger partial charge in [0.15, 0.2) is 0 Å². The van der Waals surface area contributed by atoms with Crippen LogP contribution in [0.15, 0.2) is 66.0 Å². The topological polar surface area (TPSA) is 65.8 Å². The summed E-state index contributed by atoms with van der Waals surface area (Å²) in [7, 11) is 3.97. The molecular formula is C31H36N2O3. The van der Waals surface area contributed by atoms with Crippen LogP contribution < -0.4 is 0 Å². The van der Waals surface area contributed by atoms with E-state index in [9.17, 15) is 10.2 Å². The highest BCUT2D eigenvalue weighted by Gasteiger charge is 2.68. The average molecular weight is 485 g/mol. The van der Waals surface area contributed by atoms with E-state index in [4.69, 9.17) is 4.74 Å². The van der Waals surface area contributed by atoms with E-state index in [0.29, 0.717) is 11.8 Å². The van der Waals surface area contributed by atoms with E-state index in [1.165, 1.54) is 27.5 Å². The maximum atomic E-state index is 11.2. The third-order valence-electron chi connectivity index (χ3n) is 10.6. The van der Waals surface area contributed by atoms with E-state index < -0.39 is 17.8 Å². The summed E-state index contributed by atoms with van der Waals surface area (Å²) in [5.74, 6) is 0.647. The van der Waals surface area contributed by atoms with Gasteiger partial charge in [-0.3, -0.25) is 4.98 Å². The SMILES string of the molecule is CC1C=C2C=C3C(O)C(O)C(N(C)C)CC34CCC2(O4)C2CC=C(c3ccc4ccncc4c3)C12C. The van der Waals surface area contributed by atoms with Gasteiger partial charge in [-0.25, -0.2) is 0 Å². The summed E-state index contributed by atoms with van der Waals surface area (Å²) in [6.07, 6.45) is 12.7. The van der Waals surface area contributed by atoms with Crippen molar-refractivity contribution in [3.63, 3.8) is 0 Å². The molecule has 2 spiro atoms. The lowest BCUT2D eigenvalue weighted by molar-refractivity contribution is -0.165. The van der Waals surface area contributed by atoms with Crippen molar-refractivity contribution in [2.24, 2.45) is 17.3 Å². The summed E-state index contributed by atoms with van der Waals surface area (Å²) < 4.78 is 7.28. The molecule has 1 saturated carbocycles. The lowest BCUT2D eigenvalue weighted by atomic mass is 9.54. The maximum absolute atomic E-state index is 11.2. The summed E-state index contributed by atoms with van der Waals surface area (Å²) in [4.78, 5) is 6.39. The van der Waals surface area contributed by atoms with Gasteiger partial charge in [0.2, 0.25) is 0 Å². The lowest BCUT2D eigenvalue weighted by Gasteiger charge is -2.57. The monoisotopic (exact) mass is 484 g/mol. The number of aromatic nitrogens is 1. The Hall–Kier alpha value is -2.31. The molecule has 5 heteroatoms. The van der Waals surface area contributed by atoms with Gasteiger partial charge in [0.05, 0.1) is 17.3 Å². The van der Waals surface area contributed by atoms with Crippen LogP contribution in [-0.2, 0) is 4.74 Å². The molecule has 1 aromatic carbocycles. The number of likely N-dealkylation sites (N-methyl/N-ethyl adjacent to an activating group) is 1. The molecular weight excluding hydrogens is 448 g/mol. The third kappa shape index (κ3) is 2.72. The first-order valence-electron chi connectivity index (χ1n) is 13.4. The molecule has 36 heavy (non-hydrogen) atoms. The van der Waals surface area contributed by atoms with E-state index >= 15 is 0 Å². The number of ether oxygens (including phenoxy) is 1. The fourth-order valence-corrected chi connectivity index (χ4v) is 8.51. The molecule has 3 heterocycles. The Bertz CT molecular complexity index is 1360. The van der Waals surface area contributed by atoms with Gasteiger partial charge in [0.1, 0.15) is 6.10 Å². The minimum Gasteiger partial charge on any atom is -0.388 e. The predicted molar refractivity (Wildman–Crippen MR) is 141 cm³/mol. The second-order valence-electron chi connectivity index (χ2n) is 12.3. The number of pyridine rings is 1. The summed E-state index contributed by atoms with van der Waals surface area (Å²) in [6, 6.07) is 8.71. The second-order valence-corrected chi connectivity index (χ2v) is 12.3. The van der Waals surface area contributed by atoms with Crippen LogP contribution in [0.1, 0.15) is 45.1 Å². The Morgan fingerprint density at radius 1 is 1.11 bits per heavy atom. The smallest absolute Gasteiger partial charge is 0.105 e. The Balaban J connectivity index is 1.33. The number of allylic oxidation sites excluding steroid dienone is 3. The minimum atomic E-state index is -0.893. The molecule has 1 aromatic heterocycles. The van der Waals surface area contributed by atoms with Gasteiger partial charge in [0.25, 0.3) is 0 Å². The fourth-order valence-electron chi connectivity index (χ4n) is 8.51. The van der Waals surface area contributed by atoms with Crippen LogP contribution in [0.5, 0.6) is 0 Å². The van der Waals surface area contributed by atoms with E-state index in [2.05, 4.69) is 61.3 Å². The summed E-state index contributed by atoms with van der Waals surface area (Å²) in [5, 5.41) is 24.5. The molecule has 8 unspecified atom stereocenters. The van der Waals surface area contributed by atoms with Crippen LogP contribution in [-0.4, -0.2) is 63.6 Å². The van der Waals surface area contributed by atoms with Gasteiger partial charge in [-0.2, -0.15) is 0 Å². The number of aliphatic hydroxyl groups is 2. The van der Waals surface area contributed by atoms with E-state index in [0.717, 1.165) is 31.3 Å². The second kappa shape index (κ2) is 7.38. The van der Waals surface area contributed by atoms with E-state index in [1.807, 2.05) is 31.4 Å². The molecule has 188 valence electrons. The maximum Gasteiger partial charge on any atom is 0.105 e. The van der Waals surface area contributed by atoms with Crippen molar-refractivity contribution in [3.8, 4) is 0 Å². The summed E-state index contributed by atoms with van der Waals surface area (Å²) in [6.45, 7) is 4.77. The van der Waals surface area contributed by atoms with Gasteiger partial charge in [-0.1, -0.05) is 44.2 Å². The van der Waals surface area contributed by atoms with Crippen molar-refractivity contribution in [1.29, 1.82) is 0 Å². The zero-order chi connectivity index (χ0) is 25.0. The molecule has 2 bridgehead atoms. The molecule has 0 amide bonds. The zero-order valence-corrected chi connectivity index (χ0v) is 21.6. The Morgan fingerprint density at radius 2 is 1.94 bits per heavy atom. The van der Waals surface area contributed by atoms with Gasteiger partial charge in [0, 0.05) is 35.2 Å². The summed E-state index contributed by atoms with van der Waals surface area (Å²) >= 11 is 0. The predicted octanol–water partition coefficient (Wildman–Crippen LogP) is 4.50. The third-order valence-corrected chi connectivity index (χ3v) is 10.6. The van der Waals surface area contributed by atoms with Crippen molar-refractivity contribution in [2.45, 2.75) is 69.0 Å². The first-order chi connectivity index (χ1) is 17.2. The van der Waals surface area contributed by atoms with Crippen LogP contribution in [0.2, 0.25) is 0 Å². The van der Waals surface area contributed by atoms with Crippen molar-refractivity contribution >= 4 is 16.3 Å². The Morgan fingerprint density at radius 3 is 2.75 bits per heavy atom. The standard InChI is InChI=1S/C31H36N2O3/c1-18-13-22-15-24-27(34)28(35)25(33(3)4)16-30(24)10-11-31(22,36-30)26-8-7-23(29(18,26)2)20-6-5-19-9-12-32-17-21(19)14-20/h5-7,9,12-15,17-18,25-28,34-35H,8,10-11,16H2,1-4H3. The minimum absolute atomic E-state index is 0.0516. The molecule has 5 aliphatic rings. The van der Waals surface area contributed by atoms with Crippen LogP contribution in [0.25, 0.3) is 16.3 Å². The van der Waals surface area contributed by atoms with Crippen molar-refractivity contribution in [2.75, 3.05) is 14.1 Å². The van der Waals surface area contributed by atoms with Crippen LogP contribution in [0.3, 0.4) is 0 Å². The lowest BCUT2D eigenvalue weighted by Crippen LogP contribution is -2.62. The highest BCUT2D eigenvalue weighted by atomic mass is 16.5. The Labute approximate surface area is 213 Å². The molecule has 3 aliphatic carbocycles.